The molecule has 0 saturated carbocycles. The second-order valence-electron chi connectivity index (χ2n) is 8.53. The third-order valence-corrected chi connectivity index (χ3v) is 7.51. The molecule has 1 amide bonds. The number of anilines is 2. The monoisotopic (exact) mass is 498 g/mol. The summed E-state index contributed by atoms with van der Waals surface area (Å²) in [5.74, 6) is 1.88. The lowest BCUT2D eigenvalue weighted by molar-refractivity contribution is 0.102. The summed E-state index contributed by atoms with van der Waals surface area (Å²) in [5.41, 5.74) is 6.42. The highest BCUT2D eigenvalue weighted by molar-refractivity contribution is 7.99. The lowest BCUT2D eigenvalue weighted by atomic mass is 9.96. The van der Waals surface area contributed by atoms with Gasteiger partial charge in [-0.15, -0.1) is 11.8 Å². The summed E-state index contributed by atoms with van der Waals surface area (Å²) in [6, 6.07) is 13.7. The van der Waals surface area contributed by atoms with Crippen LogP contribution in [0.1, 0.15) is 50.5 Å². The van der Waals surface area contributed by atoms with E-state index in [1.807, 2.05) is 59.8 Å². The Kier molecular flexibility index (Phi) is 6.48. The van der Waals surface area contributed by atoms with E-state index in [1.54, 1.807) is 13.1 Å². The molecule has 3 N–H and O–H groups in total. The first-order valence-electron chi connectivity index (χ1n) is 11.8. The number of aryl methyl sites for hydroxylation is 3. The number of pyridine rings is 1. The molecule has 3 aromatic heterocycles. The Labute approximate surface area is 213 Å². The van der Waals surface area contributed by atoms with Crippen LogP contribution in [0.5, 0.6) is 0 Å². The first-order valence-corrected chi connectivity index (χ1v) is 12.8. The number of benzene rings is 1. The SMILES string of the molecule is CCn1nc(-c2ccccn2)c2c1NCCSC2c1ccc(C(=O)Nc2n[nH]c(C)c2C#N)cc1C. The Morgan fingerprint density at radius 3 is 2.89 bits per heavy atom. The van der Waals surface area contributed by atoms with Crippen LogP contribution in [0.25, 0.3) is 11.4 Å². The Balaban J connectivity index is 1.52. The molecule has 0 saturated heterocycles. The number of H-pyrrole nitrogens is 1. The van der Waals surface area contributed by atoms with Gasteiger partial charge in [0, 0.05) is 36.2 Å². The molecule has 0 aliphatic carbocycles. The van der Waals surface area contributed by atoms with Crippen LogP contribution in [0.4, 0.5) is 11.6 Å². The van der Waals surface area contributed by atoms with Gasteiger partial charge < -0.3 is 10.6 Å². The molecule has 1 aliphatic heterocycles. The predicted molar refractivity (Wildman–Crippen MR) is 141 cm³/mol. The van der Waals surface area contributed by atoms with E-state index >= 15 is 0 Å². The first-order chi connectivity index (χ1) is 17.5. The number of rotatable bonds is 5. The van der Waals surface area contributed by atoms with Crippen molar-refractivity contribution < 1.29 is 4.79 Å². The molecule has 1 aromatic carbocycles. The largest absolute Gasteiger partial charge is 0.369 e. The van der Waals surface area contributed by atoms with E-state index in [4.69, 9.17) is 5.10 Å². The number of hydrogen-bond donors (Lipinski definition) is 3. The summed E-state index contributed by atoms with van der Waals surface area (Å²) in [6.07, 6.45) is 1.79. The number of thioether (sulfide) groups is 1. The van der Waals surface area contributed by atoms with E-state index in [1.165, 1.54) is 0 Å². The van der Waals surface area contributed by atoms with Crippen LogP contribution in [-0.2, 0) is 6.54 Å². The minimum Gasteiger partial charge on any atom is -0.369 e. The lowest BCUT2D eigenvalue weighted by Crippen LogP contribution is -2.14. The number of nitrogens with one attached hydrogen (secondary N) is 3. The Morgan fingerprint density at radius 2 is 2.17 bits per heavy atom. The van der Waals surface area contributed by atoms with Crippen molar-refractivity contribution in [3.05, 3.63) is 76.1 Å². The quantitative estimate of drug-likeness (QED) is 0.365. The molecule has 10 heteroatoms. The zero-order valence-corrected chi connectivity index (χ0v) is 21.1. The lowest BCUT2D eigenvalue weighted by Gasteiger charge is -2.19. The molecule has 1 aliphatic rings. The van der Waals surface area contributed by atoms with Crippen molar-refractivity contribution in [3.63, 3.8) is 0 Å². The van der Waals surface area contributed by atoms with Crippen molar-refractivity contribution in [2.75, 3.05) is 22.9 Å². The highest BCUT2D eigenvalue weighted by Gasteiger charge is 2.31. The molecule has 1 unspecified atom stereocenters. The van der Waals surface area contributed by atoms with Crippen LogP contribution in [0.3, 0.4) is 0 Å². The van der Waals surface area contributed by atoms with Crippen LogP contribution in [0.15, 0.2) is 42.6 Å². The number of amides is 1. The molecule has 4 aromatic rings. The maximum Gasteiger partial charge on any atom is 0.256 e. The Hall–Kier alpha value is -4.10. The number of nitriles is 1. The zero-order chi connectivity index (χ0) is 25.2. The molecule has 36 heavy (non-hydrogen) atoms. The van der Waals surface area contributed by atoms with Gasteiger partial charge in [0.25, 0.3) is 5.91 Å². The van der Waals surface area contributed by atoms with Gasteiger partial charge in [0.05, 0.1) is 16.6 Å². The van der Waals surface area contributed by atoms with Gasteiger partial charge in [-0.2, -0.15) is 15.5 Å². The predicted octanol–water partition coefficient (Wildman–Crippen LogP) is 4.68. The van der Waals surface area contributed by atoms with E-state index in [9.17, 15) is 10.1 Å². The van der Waals surface area contributed by atoms with Gasteiger partial charge in [-0.25, -0.2) is 4.68 Å². The van der Waals surface area contributed by atoms with E-state index in [0.29, 0.717) is 16.8 Å². The van der Waals surface area contributed by atoms with Gasteiger partial charge in [0.15, 0.2) is 5.82 Å². The fourth-order valence-corrected chi connectivity index (χ4v) is 5.74. The van der Waals surface area contributed by atoms with Crippen LogP contribution in [0, 0.1) is 25.2 Å². The summed E-state index contributed by atoms with van der Waals surface area (Å²) in [4.78, 5) is 17.5. The van der Waals surface area contributed by atoms with Crippen molar-refractivity contribution in [2.45, 2.75) is 32.6 Å². The first kappa shape index (κ1) is 23.6. The standard InChI is InChI=1S/C26H26N8OS/c1-4-34-25-21(22(33-34)20-7-5-6-10-28-20)23(36-12-11-29-25)18-9-8-17(13-15(18)2)26(35)30-24-19(14-27)16(3)31-32-24/h5-10,13,23,29H,4,11-12H2,1-3H3,(H2,30,31,32,35). The maximum atomic E-state index is 13.0. The number of hydrogen-bond acceptors (Lipinski definition) is 7. The zero-order valence-electron chi connectivity index (χ0n) is 20.3. The third kappa shape index (κ3) is 4.22. The van der Waals surface area contributed by atoms with Crippen molar-refractivity contribution >= 4 is 29.3 Å². The van der Waals surface area contributed by atoms with E-state index < -0.39 is 0 Å². The van der Waals surface area contributed by atoms with E-state index in [-0.39, 0.29) is 17.0 Å². The molecule has 5 rings (SSSR count). The average molecular weight is 499 g/mol. The van der Waals surface area contributed by atoms with Crippen molar-refractivity contribution in [2.24, 2.45) is 0 Å². The van der Waals surface area contributed by atoms with Crippen molar-refractivity contribution in [3.8, 4) is 17.5 Å². The minimum atomic E-state index is -0.309. The maximum absolute atomic E-state index is 13.0. The van der Waals surface area contributed by atoms with Gasteiger partial charge in [-0.1, -0.05) is 12.1 Å². The molecule has 182 valence electrons. The molecule has 0 spiro atoms. The highest BCUT2D eigenvalue weighted by atomic mass is 32.2. The van der Waals surface area contributed by atoms with Crippen LogP contribution in [-0.4, -0.2) is 43.2 Å². The summed E-state index contributed by atoms with van der Waals surface area (Å²) in [6.45, 7) is 7.43. The summed E-state index contributed by atoms with van der Waals surface area (Å²) >= 11 is 1.86. The highest BCUT2D eigenvalue weighted by Crippen LogP contribution is 2.46. The van der Waals surface area contributed by atoms with E-state index in [2.05, 4.69) is 38.8 Å². The molecular formula is C26H26N8OS. The van der Waals surface area contributed by atoms with E-state index in [0.717, 1.165) is 52.7 Å². The molecule has 0 radical (unpaired) electrons. The van der Waals surface area contributed by atoms with Crippen molar-refractivity contribution in [1.29, 1.82) is 5.26 Å². The minimum absolute atomic E-state index is 0.0311. The smallest absolute Gasteiger partial charge is 0.256 e. The van der Waals surface area contributed by atoms with Gasteiger partial charge >= 0.3 is 0 Å². The molecule has 4 heterocycles. The summed E-state index contributed by atoms with van der Waals surface area (Å²) in [5, 5.41) is 27.4. The van der Waals surface area contributed by atoms with Gasteiger partial charge in [0.2, 0.25) is 0 Å². The number of fused-ring (bicyclic) bond motifs is 1. The van der Waals surface area contributed by atoms with Crippen molar-refractivity contribution in [1.82, 2.24) is 25.0 Å². The van der Waals surface area contributed by atoms with Crippen LogP contribution in [0.2, 0.25) is 0 Å². The van der Waals surface area contributed by atoms with Crippen LogP contribution >= 0.6 is 11.8 Å². The number of carbonyl (C=O) groups is 1. The Morgan fingerprint density at radius 1 is 1.31 bits per heavy atom. The number of aromatic amines is 1. The fourth-order valence-electron chi connectivity index (χ4n) is 4.45. The Bertz CT molecular complexity index is 1470. The molecule has 0 bridgehead atoms. The molecule has 0 fully saturated rings. The average Bonchev–Trinajstić information content (AvgIpc) is 3.36. The van der Waals surface area contributed by atoms with Gasteiger partial charge in [-0.05, 0) is 56.2 Å². The fraction of sp³-hybridized carbons (Fsp3) is 0.269. The summed E-state index contributed by atoms with van der Waals surface area (Å²) < 4.78 is 2.01. The normalized spacial score (nSPS) is 14.9. The third-order valence-electron chi connectivity index (χ3n) is 6.24. The molecular weight excluding hydrogens is 472 g/mol. The summed E-state index contributed by atoms with van der Waals surface area (Å²) in [7, 11) is 0. The van der Waals surface area contributed by atoms with Gasteiger partial charge in [-0.3, -0.25) is 14.9 Å². The number of carbonyl (C=O) groups excluding carboxylic acids is 1. The molecule has 9 nitrogen and oxygen atoms in total. The topological polar surface area (TPSA) is 124 Å². The number of nitrogens with zero attached hydrogens (tertiary/aromatic N) is 5. The molecule has 1 atom stereocenters. The second-order valence-corrected chi connectivity index (χ2v) is 9.74. The van der Waals surface area contributed by atoms with Gasteiger partial charge in [0.1, 0.15) is 23.1 Å². The van der Waals surface area contributed by atoms with Crippen LogP contribution < -0.4 is 10.6 Å². The number of aromatic nitrogens is 5. The second kappa shape index (κ2) is 9.87.